The Hall–Kier alpha value is -2.74. The van der Waals surface area contributed by atoms with E-state index in [0.717, 1.165) is 17.0 Å². The topological polar surface area (TPSA) is 97.3 Å². The molecule has 8 heteroatoms. The van der Waals surface area contributed by atoms with Crippen LogP contribution in [0.5, 0.6) is 0 Å². The molecule has 0 saturated heterocycles. The number of carbonyl (C=O) groups is 1. The van der Waals surface area contributed by atoms with Gasteiger partial charge in [0.25, 0.3) is 5.91 Å². The standard InChI is InChI=1S/C14H16N6O2/c1-9-10(8-17-19(9)2)12-3-4-15-13-7-11(18-20(12)13)14(22)16-5-6-21/h3-4,7-8,21H,5-6H2,1-2H3,(H,16,22). The van der Waals surface area contributed by atoms with Crippen molar-refractivity contribution >= 4 is 11.6 Å². The van der Waals surface area contributed by atoms with Crippen LogP contribution in [0.4, 0.5) is 0 Å². The maximum atomic E-state index is 11.9. The number of nitrogens with zero attached hydrogens (tertiary/aromatic N) is 5. The molecule has 22 heavy (non-hydrogen) atoms. The third-order valence-corrected chi connectivity index (χ3v) is 3.50. The molecule has 0 aliphatic heterocycles. The highest BCUT2D eigenvalue weighted by Crippen LogP contribution is 2.22. The van der Waals surface area contributed by atoms with Crippen molar-refractivity contribution in [3.63, 3.8) is 0 Å². The van der Waals surface area contributed by atoms with E-state index >= 15 is 0 Å². The molecule has 0 unspecified atom stereocenters. The lowest BCUT2D eigenvalue weighted by Gasteiger charge is -2.03. The SMILES string of the molecule is Cc1c(-c2ccnc3cc(C(=O)NCCO)nn23)cnn1C. The van der Waals surface area contributed by atoms with Gasteiger partial charge >= 0.3 is 0 Å². The summed E-state index contributed by atoms with van der Waals surface area (Å²) < 4.78 is 3.40. The van der Waals surface area contributed by atoms with Gasteiger partial charge < -0.3 is 10.4 Å². The zero-order valence-electron chi connectivity index (χ0n) is 12.3. The Bertz CT molecular complexity index is 835. The summed E-state index contributed by atoms with van der Waals surface area (Å²) in [6.45, 7) is 2.04. The van der Waals surface area contributed by atoms with Crippen molar-refractivity contribution in [3.8, 4) is 11.3 Å². The van der Waals surface area contributed by atoms with E-state index in [-0.39, 0.29) is 24.8 Å². The Labute approximate surface area is 126 Å². The monoisotopic (exact) mass is 300 g/mol. The molecule has 0 radical (unpaired) electrons. The number of nitrogens with one attached hydrogen (secondary N) is 1. The van der Waals surface area contributed by atoms with Crippen molar-refractivity contribution in [1.82, 2.24) is 29.7 Å². The lowest BCUT2D eigenvalue weighted by atomic mass is 10.2. The predicted molar refractivity (Wildman–Crippen MR) is 79.3 cm³/mol. The first-order chi connectivity index (χ1) is 10.6. The molecule has 0 bridgehead atoms. The fourth-order valence-corrected chi connectivity index (χ4v) is 2.22. The molecule has 0 aliphatic rings. The summed E-state index contributed by atoms with van der Waals surface area (Å²) in [6.07, 6.45) is 3.44. The third-order valence-electron chi connectivity index (χ3n) is 3.50. The number of hydrogen-bond donors (Lipinski definition) is 2. The highest BCUT2D eigenvalue weighted by molar-refractivity contribution is 5.93. The van der Waals surface area contributed by atoms with Gasteiger partial charge in [-0.25, -0.2) is 9.50 Å². The van der Waals surface area contributed by atoms with Gasteiger partial charge in [-0.15, -0.1) is 0 Å². The first-order valence-corrected chi connectivity index (χ1v) is 6.84. The van der Waals surface area contributed by atoms with Crippen molar-refractivity contribution in [2.75, 3.05) is 13.2 Å². The van der Waals surface area contributed by atoms with Gasteiger partial charge in [-0.2, -0.15) is 10.2 Å². The number of hydrogen-bond acceptors (Lipinski definition) is 5. The number of fused-ring (bicyclic) bond motifs is 1. The van der Waals surface area contributed by atoms with E-state index in [2.05, 4.69) is 20.5 Å². The van der Waals surface area contributed by atoms with Gasteiger partial charge in [-0.1, -0.05) is 0 Å². The second-order valence-electron chi connectivity index (χ2n) is 4.88. The molecule has 0 aliphatic carbocycles. The normalized spacial score (nSPS) is 11.0. The summed E-state index contributed by atoms with van der Waals surface area (Å²) in [7, 11) is 1.87. The largest absolute Gasteiger partial charge is 0.395 e. The van der Waals surface area contributed by atoms with Crippen LogP contribution in [-0.2, 0) is 7.05 Å². The molecule has 2 N–H and O–H groups in total. The number of aryl methyl sites for hydroxylation is 1. The lowest BCUT2D eigenvalue weighted by Crippen LogP contribution is -2.26. The van der Waals surface area contributed by atoms with Crippen LogP contribution in [0.3, 0.4) is 0 Å². The van der Waals surface area contributed by atoms with Crippen LogP contribution < -0.4 is 5.32 Å². The highest BCUT2D eigenvalue weighted by Gasteiger charge is 2.15. The molecular weight excluding hydrogens is 284 g/mol. The predicted octanol–water partition coefficient (Wildman–Crippen LogP) is 0.160. The van der Waals surface area contributed by atoms with E-state index in [0.29, 0.717) is 5.65 Å². The lowest BCUT2D eigenvalue weighted by molar-refractivity contribution is 0.0939. The third kappa shape index (κ3) is 2.33. The molecule has 3 aromatic heterocycles. The van der Waals surface area contributed by atoms with Crippen molar-refractivity contribution in [3.05, 3.63) is 35.9 Å². The van der Waals surface area contributed by atoms with E-state index in [1.54, 1.807) is 27.7 Å². The average molecular weight is 300 g/mol. The molecular formula is C14H16N6O2. The van der Waals surface area contributed by atoms with E-state index in [1.807, 2.05) is 20.0 Å². The van der Waals surface area contributed by atoms with Crippen LogP contribution in [0.15, 0.2) is 24.5 Å². The van der Waals surface area contributed by atoms with Crippen LogP contribution in [0.2, 0.25) is 0 Å². The second kappa shape index (κ2) is 5.57. The molecule has 1 amide bonds. The van der Waals surface area contributed by atoms with E-state index < -0.39 is 0 Å². The fourth-order valence-electron chi connectivity index (χ4n) is 2.22. The highest BCUT2D eigenvalue weighted by atomic mass is 16.3. The van der Waals surface area contributed by atoms with E-state index in [9.17, 15) is 4.79 Å². The van der Waals surface area contributed by atoms with Crippen LogP contribution in [-0.4, -0.2) is 48.5 Å². The molecule has 0 fully saturated rings. The maximum absolute atomic E-state index is 11.9. The first-order valence-electron chi connectivity index (χ1n) is 6.84. The number of aliphatic hydroxyl groups excluding tert-OH is 1. The number of aromatic nitrogens is 5. The van der Waals surface area contributed by atoms with Crippen LogP contribution in [0.1, 0.15) is 16.2 Å². The van der Waals surface area contributed by atoms with Crippen molar-refractivity contribution < 1.29 is 9.90 Å². The molecule has 0 atom stereocenters. The van der Waals surface area contributed by atoms with Crippen LogP contribution in [0.25, 0.3) is 16.9 Å². The van der Waals surface area contributed by atoms with Crippen LogP contribution in [0, 0.1) is 6.92 Å². The Morgan fingerprint density at radius 3 is 2.95 bits per heavy atom. The van der Waals surface area contributed by atoms with E-state index in [1.165, 1.54) is 0 Å². The molecule has 0 aromatic carbocycles. The van der Waals surface area contributed by atoms with Crippen molar-refractivity contribution in [2.45, 2.75) is 6.92 Å². The molecule has 3 heterocycles. The van der Waals surface area contributed by atoms with Gasteiger partial charge in [0.2, 0.25) is 0 Å². The molecule has 3 rings (SSSR count). The van der Waals surface area contributed by atoms with Crippen molar-refractivity contribution in [1.29, 1.82) is 0 Å². The minimum atomic E-state index is -0.339. The average Bonchev–Trinajstić information content (AvgIpc) is 3.09. The maximum Gasteiger partial charge on any atom is 0.271 e. The summed E-state index contributed by atoms with van der Waals surface area (Å²) in [5.74, 6) is -0.339. The van der Waals surface area contributed by atoms with Gasteiger partial charge in [-0.05, 0) is 13.0 Å². The van der Waals surface area contributed by atoms with Gasteiger partial charge in [0.1, 0.15) is 0 Å². The molecule has 0 saturated carbocycles. The fraction of sp³-hybridized carbons (Fsp3) is 0.286. The molecule has 8 nitrogen and oxygen atoms in total. The van der Waals surface area contributed by atoms with Crippen LogP contribution >= 0.6 is 0 Å². The Morgan fingerprint density at radius 2 is 2.27 bits per heavy atom. The number of carbonyl (C=O) groups excluding carboxylic acids is 1. The Morgan fingerprint density at radius 1 is 1.45 bits per heavy atom. The zero-order valence-corrected chi connectivity index (χ0v) is 12.3. The minimum absolute atomic E-state index is 0.114. The number of amides is 1. The van der Waals surface area contributed by atoms with Gasteiger partial charge in [0.15, 0.2) is 11.3 Å². The molecule has 0 spiro atoms. The van der Waals surface area contributed by atoms with Gasteiger partial charge in [0.05, 0.1) is 18.5 Å². The summed E-state index contributed by atoms with van der Waals surface area (Å²) in [4.78, 5) is 16.2. The molecule has 3 aromatic rings. The van der Waals surface area contributed by atoms with Crippen molar-refractivity contribution in [2.24, 2.45) is 7.05 Å². The van der Waals surface area contributed by atoms with E-state index in [4.69, 9.17) is 5.11 Å². The first kappa shape index (κ1) is 14.2. The summed E-state index contributed by atoms with van der Waals surface area (Å²) in [5.41, 5.74) is 3.58. The van der Waals surface area contributed by atoms with Gasteiger partial charge in [0, 0.05) is 37.1 Å². The number of aliphatic hydroxyl groups is 1. The summed E-state index contributed by atoms with van der Waals surface area (Å²) in [5, 5.41) is 19.9. The Kier molecular flexibility index (Phi) is 3.60. The molecule has 114 valence electrons. The summed E-state index contributed by atoms with van der Waals surface area (Å²) >= 11 is 0. The second-order valence-corrected chi connectivity index (χ2v) is 4.88. The minimum Gasteiger partial charge on any atom is -0.395 e. The number of rotatable bonds is 4. The quantitative estimate of drug-likeness (QED) is 0.715. The summed E-state index contributed by atoms with van der Waals surface area (Å²) in [6, 6.07) is 3.45. The van der Waals surface area contributed by atoms with Gasteiger partial charge in [-0.3, -0.25) is 9.48 Å². The zero-order chi connectivity index (χ0) is 15.7. The Balaban J connectivity index is 2.07. The smallest absolute Gasteiger partial charge is 0.271 e.